The number of nitrogens with zero attached hydrogens (tertiary/aromatic N) is 4. The van der Waals surface area contributed by atoms with Gasteiger partial charge in [0, 0.05) is 42.9 Å². The zero-order valence-corrected chi connectivity index (χ0v) is 28.1. The van der Waals surface area contributed by atoms with Gasteiger partial charge in [0.1, 0.15) is 12.1 Å². The molecule has 3 aromatic rings. The molecule has 3 fully saturated rings. The summed E-state index contributed by atoms with van der Waals surface area (Å²) >= 11 is 0.937. The highest BCUT2D eigenvalue weighted by atomic mass is 32.1. The van der Waals surface area contributed by atoms with E-state index in [1.54, 1.807) is 4.90 Å². The van der Waals surface area contributed by atoms with Crippen molar-refractivity contribution in [2.45, 2.75) is 62.4 Å². The summed E-state index contributed by atoms with van der Waals surface area (Å²) in [5, 5.41) is 12.7. The van der Waals surface area contributed by atoms with E-state index in [9.17, 15) is 37.8 Å². The summed E-state index contributed by atoms with van der Waals surface area (Å²) in [4.78, 5) is 77.7. The maximum atomic E-state index is 14.4. The van der Waals surface area contributed by atoms with Crippen LogP contribution in [0.2, 0.25) is 0 Å². The minimum absolute atomic E-state index is 0.0480. The third-order valence-electron chi connectivity index (χ3n) is 9.67. The molecule has 2 aromatic carbocycles. The molecule has 0 aliphatic carbocycles. The van der Waals surface area contributed by atoms with E-state index < -0.39 is 54.7 Å². The summed E-state index contributed by atoms with van der Waals surface area (Å²) in [5.41, 5.74) is -4.51. The molecule has 12 nitrogen and oxygen atoms in total. The van der Waals surface area contributed by atoms with Crippen LogP contribution in [0, 0.1) is 17.2 Å². The van der Waals surface area contributed by atoms with Gasteiger partial charge < -0.3 is 29.8 Å². The topological polar surface area (TPSA) is 171 Å². The van der Waals surface area contributed by atoms with Gasteiger partial charge in [-0.3, -0.25) is 23.7 Å². The second-order valence-electron chi connectivity index (χ2n) is 12.6. The van der Waals surface area contributed by atoms with Crippen LogP contribution >= 0.6 is 18.9 Å². The van der Waals surface area contributed by atoms with E-state index in [0.29, 0.717) is 43.5 Å². The number of hydrogen-bond acceptors (Lipinski definition) is 7. The Labute approximate surface area is 284 Å². The molecule has 3 saturated heterocycles. The van der Waals surface area contributed by atoms with Crippen molar-refractivity contribution >= 4 is 52.6 Å². The number of thiophene rings is 1. The Kier molecular flexibility index (Phi) is 9.36. The Hall–Kier alpha value is -4.22. The third-order valence-corrected chi connectivity index (χ3v) is 11.8. The highest BCUT2D eigenvalue weighted by Crippen LogP contribution is 2.59. The van der Waals surface area contributed by atoms with Crippen LogP contribution in [0.4, 0.5) is 8.78 Å². The lowest BCUT2D eigenvalue weighted by atomic mass is 9.94. The van der Waals surface area contributed by atoms with Crippen LogP contribution in [-0.4, -0.2) is 85.9 Å². The van der Waals surface area contributed by atoms with Crippen molar-refractivity contribution in [2.75, 3.05) is 19.6 Å². The molecule has 0 unspecified atom stereocenters. The van der Waals surface area contributed by atoms with Gasteiger partial charge in [0.2, 0.25) is 17.7 Å². The Morgan fingerprint density at radius 2 is 1.78 bits per heavy atom. The first-order chi connectivity index (χ1) is 23.2. The summed E-state index contributed by atoms with van der Waals surface area (Å²) in [5.74, 6) is -2.23. The van der Waals surface area contributed by atoms with Crippen molar-refractivity contribution in [3.05, 3.63) is 70.6 Å². The molecule has 4 amide bonds. The molecular formula is C33H34F2N5O7PS. The molecule has 16 heteroatoms. The fourth-order valence-corrected chi connectivity index (χ4v) is 8.60. The normalized spacial score (nSPS) is 24.7. The zero-order chi connectivity index (χ0) is 35.2. The van der Waals surface area contributed by atoms with Crippen molar-refractivity contribution in [2.24, 2.45) is 5.92 Å². The SMILES string of the molecule is CC(=O)N1CC[C@H]2CC[C@@H](C(=O)N3CC[C@H](C#N)[C@H]3c3ccccc3)N2C(=O)[C@@H](NC(=O)c2cc3cc(C(F)(F)P(=O)(O)O)ccc3s2)C1. The largest absolute Gasteiger partial charge is 0.399 e. The minimum Gasteiger partial charge on any atom is -0.340 e. The fourth-order valence-electron chi connectivity index (χ4n) is 7.18. The van der Waals surface area contributed by atoms with Crippen LogP contribution in [0.3, 0.4) is 0 Å². The first kappa shape index (κ1) is 34.6. The number of alkyl halides is 2. The van der Waals surface area contributed by atoms with E-state index in [4.69, 9.17) is 9.79 Å². The standard InChI is InChI=1S/C33H34F2N5O7PS/c1-19(41)38-13-12-24-8-9-26(32(44)39-14-11-21(17-36)29(39)20-5-3-2-4-6-20)40(24)31(43)25(18-38)37-30(42)28-16-22-15-23(7-10-27(22)49-28)33(34,35)48(45,46)47/h2-7,10,15-16,21,24-26,29H,8-9,11-14,18H2,1H3,(H,37,42)(H2,45,46,47)/t21-,24-,25+,26+,29-/m1/s1. The lowest BCUT2D eigenvalue weighted by Gasteiger charge is -2.39. The lowest BCUT2D eigenvalue weighted by Crippen LogP contribution is -2.61. The number of likely N-dealkylation sites (tertiary alicyclic amines) is 1. The molecule has 4 heterocycles. The Balaban J connectivity index is 1.27. The number of carbonyl (C=O) groups excluding carboxylic acids is 4. The number of benzene rings is 2. The Morgan fingerprint density at radius 3 is 2.45 bits per heavy atom. The number of carbonyl (C=O) groups is 4. The smallest absolute Gasteiger partial charge is 0.340 e. The number of rotatable bonds is 6. The molecule has 5 atom stereocenters. The predicted molar refractivity (Wildman–Crippen MR) is 174 cm³/mol. The van der Waals surface area contributed by atoms with Gasteiger partial charge in [-0.25, -0.2) is 0 Å². The number of nitriles is 1. The Morgan fingerprint density at radius 1 is 1.04 bits per heavy atom. The van der Waals surface area contributed by atoms with E-state index in [0.717, 1.165) is 29.0 Å². The average Bonchev–Trinajstić information content (AvgIpc) is 3.80. The maximum Gasteiger partial charge on any atom is 0.399 e. The van der Waals surface area contributed by atoms with Crippen molar-refractivity contribution in [1.29, 1.82) is 5.26 Å². The highest BCUT2D eigenvalue weighted by molar-refractivity contribution is 7.52. The summed E-state index contributed by atoms with van der Waals surface area (Å²) in [6.07, 6.45) is 1.82. The van der Waals surface area contributed by atoms with Gasteiger partial charge in [0.05, 0.1) is 22.9 Å². The van der Waals surface area contributed by atoms with Gasteiger partial charge >= 0.3 is 13.3 Å². The quantitative estimate of drug-likeness (QED) is 0.323. The van der Waals surface area contributed by atoms with E-state index in [2.05, 4.69) is 11.4 Å². The van der Waals surface area contributed by atoms with Gasteiger partial charge in [0.25, 0.3) is 5.91 Å². The number of nitrogens with one attached hydrogen (secondary N) is 1. The van der Waals surface area contributed by atoms with Gasteiger partial charge in [-0.05, 0) is 54.8 Å². The Bertz CT molecular complexity index is 1900. The summed E-state index contributed by atoms with van der Waals surface area (Å²) < 4.78 is 40.5. The summed E-state index contributed by atoms with van der Waals surface area (Å²) in [6.45, 7) is 1.86. The summed E-state index contributed by atoms with van der Waals surface area (Å²) in [6, 6.07) is 13.0. The number of fused-ring (bicyclic) bond motifs is 2. The predicted octanol–water partition coefficient (Wildman–Crippen LogP) is 3.95. The second kappa shape index (κ2) is 13.2. The monoisotopic (exact) mass is 713 g/mol. The number of amides is 4. The van der Waals surface area contributed by atoms with Gasteiger partial charge in [0.15, 0.2) is 0 Å². The molecule has 0 bridgehead atoms. The third kappa shape index (κ3) is 6.46. The second-order valence-corrected chi connectivity index (χ2v) is 15.4. The van der Waals surface area contributed by atoms with Crippen molar-refractivity contribution < 1.29 is 42.3 Å². The molecule has 1 aromatic heterocycles. The molecular weight excluding hydrogens is 679 g/mol. The van der Waals surface area contributed by atoms with Crippen LogP contribution < -0.4 is 5.32 Å². The van der Waals surface area contributed by atoms with Crippen LogP contribution in [0.5, 0.6) is 0 Å². The van der Waals surface area contributed by atoms with Crippen molar-refractivity contribution in [3.63, 3.8) is 0 Å². The summed E-state index contributed by atoms with van der Waals surface area (Å²) in [7, 11) is -5.81. The van der Waals surface area contributed by atoms with Gasteiger partial charge in [-0.1, -0.05) is 36.4 Å². The molecule has 6 rings (SSSR count). The van der Waals surface area contributed by atoms with Gasteiger partial charge in [-0.15, -0.1) is 11.3 Å². The minimum atomic E-state index is -5.81. The van der Waals surface area contributed by atoms with Crippen LogP contribution in [0.15, 0.2) is 54.6 Å². The average molecular weight is 714 g/mol. The van der Waals surface area contributed by atoms with Crippen molar-refractivity contribution in [1.82, 2.24) is 20.0 Å². The van der Waals surface area contributed by atoms with Crippen molar-refractivity contribution in [3.8, 4) is 6.07 Å². The molecule has 3 N–H and O–H groups in total. The molecule has 0 saturated carbocycles. The number of hydrogen-bond donors (Lipinski definition) is 3. The van der Waals surface area contributed by atoms with Crippen LogP contribution in [-0.2, 0) is 24.6 Å². The van der Waals surface area contributed by atoms with E-state index in [1.165, 1.54) is 28.9 Å². The maximum absolute atomic E-state index is 14.4. The molecule has 3 aliphatic heterocycles. The highest BCUT2D eigenvalue weighted by Gasteiger charge is 2.51. The lowest BCUT2D eigenvalue weighted by molar-refractivity contribution is -0.149. The van der Waals surface area contributed by atoms with Gasteiger partial charge in [-0.2, -0.15) is 14.0 Å². The first-order valence-corrected chi connectivity index (χ1v) is 18.2. The molecule has 49 heavy (non-hydrogen) atoms. The molecule has 0 radical (unpaired) electrons. The van der Waals surface area contributed by atoms with E-state index >= 15 is 0 Å². The molecule has 3 aliphatic rings. The molecule has 258 valence electrons. The van der Waals surface area contributed by atoms with E-state index in [1.807, 2.05) is 30.3 Å². The first-order valence-electron chi connectivity index (χ1n) is 15.8. The zero-order valence-electron chi connectivity index (χ0n) is 26.4. The molecule has 0 spiro atoms. The fraction of sp³-hybridized carbons (Fsp3) is 0.424. The van der Waals surface area contributed by atoms with Crippen LogP contribution in [0.1, 0.15) is 59.4 Å². The van der Waals surface area contributed by atoms with E-state index in [-0.39, 0.29) is 34.7 Å². The number of halogens is 2. The van der Waals surface area contributed by atoms with Crippen LogP contribution in [0.25, 0.3) is 10.1 Å².